The minimum atomic E-state index is -0.697. The number of nitrogens with one attached hydrogen (secondary N) is 1. The number of aromatic nitrogens is 2. The van der Waals surface area contributed by atoms with E-state index in [0.29, 0.717) is 41.3 Å². The molecule has 0 aliphatic rings. The van der Waals surface area contributed by atoms with Crippen LogP contribution in [0.1, 0.15) is 29.8 Å². The van der Waals surface area contributed by atoms with Crippen molar-refractivity contribution in [2.45, 2.75) is 26.9 Å². The number of H-pyrrole nitrogens is 1. The number of benzene rings is 2. The molecular formula is C20H20ClN3O3. The van der Waals surface area contributed by atoms with Crippen molar-refractivity contribution in [1.82, 2.24) is 14.5 Å². The lowest BCUT2D eigenvalue weighted by Crippen LogP contribution is -2.36. The van der Waals surface area contributed by atoms with E-state index >= 15 is 0 Å². The third kappa shape index (κ3) is 3.66. The van der Waals surface area contributed by atoms with Crippen molar-refractivity contribution in [3.05, 3.63) is 79.3 Å². The number of nitrogens with zero attached hydrogens (tertiary/aromatic N) is 2. The average Bonchev–Trinajstić information content (AvgIpc) is 2.67. The maximum atomic E-state index is 13.0. The van der Waals surface area contributed by atoms with Crippen LogP contribution in [0.15, 0.2) is 52.1 Å². The summed E-state index contributed by atoms with van der Waals surface area (Å²) in [5, 5.41) is 0.610. The molecule has 0 aliphatic carbocycles. The normalized spacial score (nSPS) is 10.9. The number of aryl methyl sites for hydroxylation is 1. The molecule has 0 bridgehead atoms. The van der Waals surface area contributed by atoms with Crippen molar-refractivity contribution in [2.75, 3.05) is 6.54 Å². The first-order valence-electron chi connectivity index (χ1n) is 8.75. The van der Waals surface area contributed by atoms with Crippen LogP contribution in [0.2, 0.25) is 5.02 Å². The zero-order valence-corrected chi connectivity index (χ0v) is 15.9. The predicted octanol–water partition coefficient (Wildman–Crippen LogP) is 3.03. The van der Waals surface area contributed by atoms with Crippen molar-refractivity contribution < 1.29 is 4.79 Å². The smallest absolute Gasteiger partial charge is 0.316 e. The second-order valence-corrected chi connectivity index (χ2v) is 6.55. The van der Waals surface area contributed by atoms with Crippen LogP contribution in [0.25, 0.3) is 11.0 Å². The number of rotatable bonds is 5. The molecule has 0 fully saturated rings. The van der Waals surface area contributed by atoms with Gasteiger partial charge in [-0.15, -0.1) is 0 Å². The fourth-order valence-corrected chi connectivity index (χ4v) is 3.26. The molecule has 3 aromatic rings. The predicted molar refractivity (Wildman–Crippen MR) is 106 cm³/mol. The molecule has 1 heterocycles. The van der Waals surface area contributed by atoms with Gasteiger partial charge in [0.1, 0.15) is 0 Å². The van der Waals surface area contributed by atoms with Crippen molar-refractivity contribution in [1.29, 1.82) is 0 Å². The lowest BCUT2D eigenvalue weighted by Gasteiger charge is -2.22. The molecule has 140 valence electrons. The highest BCUT2D eigenvalue weighted by Crippen LogP contribution is 2.19. The Hall–Kier alpha value is -2.86. The van der Waals surface area contributed by atoms with E-state index in [1.165, 1.54) is 4.57 Å². The lowest BCUT2D eigenvalue weighted by molar-refractivity contribution is 0.0753. The quantitative estimate of drug-likeness (QED) is 0.686. The van der Waals surface area contributed by atoms with Gasteiger partial charge >= 0.3 is 11.1 Å². The van der Waals surface area contributed by atoms with E-state index in [0.717, 1.165) is 5.56 Å². The maximum Gasteiger partial charge on any atom is 0.316 e. The van der Waals surface area contributed by atoms with Crippen molar-refractivity contribution >= 4 is 28.5 Å². The fourth-order valence-electron chi connectivity index (χ4n) is 3.07. The van der Waals surface area contributed by atoms with Gasteiger partial charge in [-0.2, -0.15) is 0 Å². The van der Waals surface area contributed by atoms with E-state index in [2.05, 4.69) is 4.98 Å². The second-order valence-electron chi connectivity index (χ2n) is 6.15. The van der Waals surface area contributed by atoms with Crippen LogP contribution < -0.4 is 11.1 Å². The second kappa shape index (κ2) is 7.80. The summed E-state index contributed by atoms with van der Waals surface area (Å²) in [4.78, 5) is 41.0. The number of amides is 1. The maximum absolute atomic E-state index is 13.0. The molecule has 0 spiro atoms. The van der Waals surface area contributed by atoms with Gasteiger partial charge in [0.2, 0.25) is 0 Å². The summed E-state index contributed by atoms with van der Waals surface area (Å²) in [5.74, 6) is -0.172. The third-order valence-corrected chi connectivity index (χ3v) is 4.89. The van der Waals surface area contributed by atoms with Gasteiger partial charge in [-0.3, -0.25) is 14.4 Å². The molecule has 27 heavy (non-hydrogen) atoms. The minimum absolute atomic E-state index is 0.172. The summed E-state index contributed by atoms with van der Waals surface area (Å²) < 4.78 is 1.39. The molecule has 1 amide bonds. The van der Waals surface area contributed by atoms with Crippen LogP contribution in [0.3, 0.4) is 0 Å². The standard InChI is InChI=1S/C20H20ClN3O3/c1-3-23(12-14-7-5-6-8-15(14)21)19(26)13-9-10-17-16(11-13)22-18(25)20(27)24(17)4-2/h5-11H,3-4,12H2,1-2H3,(H,22,25). The number of hydrogen-bond acceptors (Lipinski definition) is 3. The van der Waals surface area contributed by atoms with Crippen LogP contribution in [-0.4, -0.2) is 26.9 Å². The molecule has 3 rings (SSSR count). The Morgan fingerprint density at radius 1 is 1.15 bits per heavy atom. The number of carbonyl (C=O) groups is 1. The zero-order chi connectivity index (χ0) is 19.6. The molecule has 6 nitrogen and oxygen atoms in total. The fraction of sp³-hybridized carbons (Fsp3) is 0.250. The summed E-state index contributed by atoms with van der Waals surface area (Å²) in [7, 11) is 0. The zero-order valence-electron chi connectivity index (χ0n) is 15.2. The molecule has 1 N–H and O–H groups in total. The molecule has 1 aromatic heterocycles. The Bertz CT molecular complexity index is 1120. The van der Waals surface area contributed by atoms with Gasteiger partial charge < -0.3 is 14.5 Å². The summed E-state index contributed by atoms with van der Waals surface area (Å²) in [5.41, 5.74) is 1.06. The van der Waals surface area contributed by atoms with Crippen molar-refractivity contribution in [3.8, 4) is 0 Å². The van der Waals surface area contributed by atoms with Gasteiger partial charge in [-0.25, -0.2) is 0 Å². The summed E-state index contributed by atoms with van der Waals surface area (Å²) in [6.07, 6.45) is 0. The highest BCUT2D eigenvalue weighted by Gasteiger charge is 2.17. The van der Waals surface area contributed by atoms with Gasteiger partial charge in [0.05, 0.1) is 11.0 Å². The number of carbonyl (C=O) groups excluding carboxylic acids is 1. The van der Waals surface area contributed by atoms with Crippen molar-refractivity contribution in [2.24, 2.45) is 0 Å². The van der Waals surface area contributed by atoms with Gasteiger partial charge in [0.15, 0.2) is 0 Å². The summed E-state index contributed by atoms with van der Waals surface area (Å²) in [6.45, 7) is 4.96. The van der Waals surface area contributed by atoms with E-state index in [-0.39, 0.29) is 5.91 Å². The Morgan fingerprint density at radius 2 is 1.89 bits per heavy atom. The van der Waals surface area contributed by atoms with Crippen LogP contribution in [0.4, 0.5) is 0 Å². The Kier molecular flexibility index (Phi) is 5.46. The molecule has 0 atom stereocenters. The van der Waals surface area contributed by atoms with E-state index in [1.54, 1.807) is 36.1 Å². The molecule has 0 aliphatic heterocycles. The molecule has 7 heteroatoms. The molecule has 0 unspecified atom stereocenters. The number of halogens is 1. The Balaban J connectivity index is 1.99. The topological polar surface area (TPSA) is 75.2 Å². The largest absolute Gasteiger partial charge is 0.335 e. The van der Waals surface area contributed by atoms with Crippen molar-refractivity contribution in [3.63, 3.8) is 0 Å². The van der Waals surface area contributed by atoms with Crippen LogP contribution in [0, 0.1) is 0 Å². The van der Waals surface area contributed by atoms with E-state index in [9.17, 15) is 14.4 Å². The van der Waals surface area contributed by atoms with Crippen LogP contribution in [-0.2, 0) is 13.1 Å². The molecule has 0 saturated heterocycles. The molecule has 2 aromatic carbocycles. The number of fused-ring (bicyclic) bond motifs is 1. The first kappa shape index (κ1) is 18.9. The van der Waals surface area contributed by atoms with Gasteiger partial charge in [-0.1, -0.05) is 29.8 Å². The molecule has 0 radical (unpaired) electrons. The van der Waals surface area contributed by atoms with E-state index < -0.39 is 11.1 Å². The van der Waals surface area contributed by atoms with E-state index in [1.807, 2.05) is 25.1 Å². The van der Waals surface area contributed by atoms with Crippen LogP contribution >= 0.6 is 11.6 Å². The molecule has 0 saturated carbocycles. The number of hydrogen-bond donors (Lipinski definition) is 1. The number of aromatic amines is 1. The lowest BCUT2D eigenvalue weighted by atomic mass is 10.1. The average molecular weight is 386 g/mol. The monoisotopic (exact) mass is 385 g/mol. The highest BCUT2D eigenvalue weighted by atomic mass is 35.5. The van der Waals surface area contributed by atoms with Gasteiger partial charge in [0, 0.05) is 30.2 Å². The first-order valence-corrected chi connectivity index (χ1v) is 9.13. The minimum Gasteiger partial charge on any atom is -0.335 e. The van der Waals surface area contributed by atoms with Crippen LogP contribution in [0.5, 0.6) is 0 Å². The SMILES string of the molecule is CCN(Cc1ccccc1Cl)C(=O)c1ccc2c(c1)[nH]c(=O)c(=O)n2CC. The van der Waals surface area contributed by atoms with E-state index in [4.69, 9.17) is 11.6 Å². The van der Waals surface area contributed by atoms with Gasteiger partial charge in [-0.05, 0) is 43.7 Å². The third-order valence-electron chi connectivity index (χ3n) is 4.53. The summed E-state index contributed by atoms with van der Waals surface area (Å²) >= 11 is 6.21. The highest BCUT2D eigenvalue weighted by molar-refractivity contribution is 6.31. The Labute approximate surface area is 161 Å². The summed E-state index contributed by atoms with van der Waals surface area (Å²) in [6, 6.07) is 12.4. The van der Waals surface area contributed by atoms with Gasteiger partial charge in [0.25, 0.3) is 5.91 Å². The molecular weight excluding hydrogens is 366 g/mol. The Morgan fingerprint density at radius 3 is 2.56 bits per heavy atom. The first-order chi connectivity index (χ1) is 13.0.